The molecule has 2 N–H and O–H groups in total. The average molecular weight is 315 g/mol. The molecule has 0 unspecified atom stereocenters. The lowest BCUT2D eigenvalue weighted by atomic mass is 9.95. The Morgan fingerprint density at radius 2 is 2.20 bits per heavy atom. The van der Waals surface area contributed by atoms with E-state index in [0.717, 1.165) is 0 Å². The smallest absolute Gasteiger partial charge is 0.337 e. The first-order valence-corrected chi connectivity index (χ1v) is 6.54. The highest BCUT2D eigenvalue weighted by atomic mass is 35.5. The standard InChI is InChI=1S/C13H12ClFN2O2S/c1-6-9(12(18)19-2)11(17-13(20)16-6)10-7(14)4-3-5-8(10)15/h3-5,11H,1-2H3,(H2,16,17,20)/t11-/m0/s1. The molecule has 106 valence electrons. The van der Waals surface area contributed by atoms with Crippen LogP contribution in [-0.4, -0.2) is 18.2 Å². The predicted molar refractivity (Wildman–Crippen MR) is 77.7 cm³/mol. The maximum atomic E-state index is 14.1. The number of esters is 1. The van der Waals surface area contributed by atoms with Crippen LogP contribution in [0.25, 0.3) is 0 Å². The highest BCUT2D eigenvalue weighted by Gasteiger charge is 2.33. The number of nitrogens with one attached hydrogen (secondary N) is 2. The van der Waals surface area contributed by atoms with Crippen molar-refractivity contribution in [2.24, 2.45) is 0 Å². The van der Waals surface area contributed by atoms with Crippen LogP contribution in [-0.2, 0) is 9.53 Å². The molecule has 0 aromatic heterocycles. The first kappa shape index (κ1) is 14.7. The van der Waals surface area contributed by atoms with Crippen molar-refractivity contribution >= 4 is 34.9 Å². The number of rotatable bonds is 2. The Morgan fingerprint density at radius 3 is 2.80 bits per heavy atom. The minimum Gasteiger partial charge on any atom is -0.466 e. The van der Waals surface area contributed by atoms with Gasteiger partial charge in [0.25, 0.3) is 0 Å². The third kappa shape index (κ3) is 2.62. The lowest BCUT2D eigenvalue weighted by molar-refractivity contribution is -0.136. The van der Waals surface area contributed by atoms with E-state index in [9.17, 15) is 9.18 Å². The Hall–Kier alpha value is -1.66. The number of carbonyl (C=O) groups excluding carboxylic acids is 1. The van der Waals surface area contributed by atoms with Gasteiger partial charge in [0.1, 0.15) is 5.82 Å². The van der Waals surface area contributed by atoms with Gasteiger partial charge in [0.15, 0.2) is 5.11 Å². The summed E-state index contributed by atoms with van der Waals surface area (Å²) in [4.78, 5) is 11.9. The van der Waals surface area contributed by atoms with Crippen LogP contribution in [0.4, 0.5) is 4.39 Å². The molecular weight excluding hydrogens is 303 g/mol. The van der Waals surface area contributed by atoms with E-state index in [-0.39, 0.29) is 16.2 Å². The zero-order valence-corrected chi connectivity index (χ0v) is 12.4. The Kier molecular flexibility index (Phi) is 4.25. The van der Waals surface area contributed by atoms with Crippen molar-refractivity contribution < 1.29 is 13.9 Å². The number of allylic oxidation sites excluding steroid dienone is 1. The van der Waals surface area contributed by atoms with Crippen LogP contribution in [0.1, 0.15) is 18.5 Å². The molecule has 0 fully saturated rings. The van der Waals surface area contributed by atoms with Gasteiger partial charge in [-0.05, 0) is 31.3 Å². The average Bonchev–Trinajstić information content (AvgIpc) is 2.37. The van der Waals surface area contributed by atoms with E-state index in [1.54, 1.807) is 13.0 Å². The van der Waals surface area contributed by atoms with E-state index in [2.05, 4.69) is 10.6 Å². The molecule has 0 radical (unpaired) electrons. The molecule has 0 saturated heterocycles. The van der Waals surface area contributed by atoms with Crippen molar-refractivity contribution in [2.75, 3.05) is 7.11 Å². The molecule has 0 spiro atoms. The first-order valence-electron chi connectivity index (χ1n) is 5.76. The van der Waals surface area contributed by atoms with Gasteiger partial charge < -0.3 is 15.4 Å². The van der Waals surface area contributed by atoms with Crippen LogP contribution < -0.4 is 10.6 Å². The van der Waals surface area contributed by atoms with Crippen molar-refractivity contribution in [1.29, 1.82) is 0 Å². The Morgan fingerprint density at radius 1 is 1.50 bits per heavy atom. The van der Waals surface area contributed by atoms with E-state index < -0.39 is 17.8 Å². The van der Waals surface area contributed by atoms with Gasteiger partial charge in [0.05, 0.1) is 18.7 Å². The summed E-state index contributed by atoms with van der Waals surface area (Å²) in [5.41, 5.74) is 0.913. The monoisotopic (exact) mass is 314 g/mol. The lowest BCUT2D eigenvalue weighted by Crippen LogP contribution is -2.45. The summed E-state index contributed by atoms with van der Waals surface area (Å²) in [7, 11) is 1.26. The molecular formula is C13H12ClFN2O2S. The van der Waals surface area contributed by atoms with Crippen LogP contribution in [0.3, 0.4) is 0 Å². The molecule has 1 aliphatic rings. The van der Waals surface area contributed by atoms with E-state index >= 15 is 0 Å². The molecule has 0 saturated carbocycles. The second-order valence-electron chi connectivity index (χ2n) is 4.20. The lowest BCUT2D eigenvalue weighted by Gasteiger charge is -2.30. The summed E-state index contributed by atoms with van der Waals surface area (Å²) >= 11 is 11.1. The summed E-state index contributed by atoms with van der Waals surface area (Å²) in [6, 6.07) is 3.54. The van der Waals surface area contributed by atoms with Gasteiger partial charge in [-0.25, -0.2) is 9.18 Å². The zero-order valence-electron chi connectivity index (χ0n) is 10.8. The Bertz CT molecular complexity index is 598. The molecule has 1 aliphatic heterocycles. The maximum Gasteiger partial charge on any atom is 0.337 e. The fraction of sp³-hybridized carbons (Fsp3) is 0.231. The molecule has 0 aliphatic carbocycles. The highest BCUT2D eigenvalue weighted by Crippen LogP contribution is 2.33. The third-order valence-corrected chi connectivity index (χ3v) is 3.51. The van der Waals surface area contributed by atoms with Gasteiger partial charge in [0, 0.05) is 16.3 Å². The molecule has 1 heterocycles. The van der Waals surface area contributed by atoms with Crippen LogP contribution in [0.15, 0.2) is 29.5 Å². The second-order valence-corrected chi connectivity index (χ2v) is 5.01. The maximum absolute atomic E-state index is 14.1. The quantitative estimate of drug-likeness (QED) is 0.648. The van der Waals surface area contributed by atoms with Crippen LogP contribution >= 0.6 is 23.8 Å². The summed E-state index contributed by atoms with van der Waals surface area (Å²) in [6.07, 6.45) is 0. The molecule has 1 atom stereocenters. The van der Waals surface area contributed by atoms with E-state index in [4.69, 9.17) is 28.6 Å². The van der Waals surface area contributed by atoms with Crippen LogP contribution in [0.2, 0.25) is 5.02 Å². The fourth-order valence-electron chi connectivity index (χ4n) is 2.08. The number of benzene rings is 1. The Balaban J connectivity index is 2.60. The topological polar surface area (TPSA) is 50.4 Å². The van der Waals surface area contributed by atoms with Gasteiger partial charge in [-0.15, -0.1) is 0 Å². The van der Waals surface area contributed by atoms with Crippen molar-refractivity contribution in [1.82, 2.24) is 10.6 Å². The molecule has 7 heteroatoms. The summed E-state index contributed by atoms with van der Waals surface area (Å²) < 4.78 is 18.8. The van der Waals surface area contributed by atoms with Crippen molar-refractivity contribution in [3.8, 4) is 0 Å². The molecule has 2 rings (SSSR count). The van der Waals surface area contributed by atoms with Crippen molar-refractivity contribution in [3.05, 3.63) is 45.9 Å². The molecule has 20 heavy (non-hydrogen) atoms. The number of thiocarbonyl (C=S) groups is 1. The molecule has 0 bridgehead atoms. The zero-order chi connectivity index (χ0) is 14.9. The van der Waals surface area contributed by atoms with Gasteiger partial charge in [-0.3, -0.25) is 0 Å². The normalized spacial score (nSPS) is 18.4. The number of hydrogen-bond donors (Lipinski definition) is 2. The minimum atomic E-state index is -0.787. The molecule has 1 aromatic rings. The second kappa shape index (κ2) is 5.76. The Labute approximate surface area is 125 Å². The largest absolute Gasteiger partial charge is 0.466 e. The van der Waals surface area contributed by atoms with Crippen molar-refractivity contribution in [2.45, 2.75) is 13.0 Å². The van der Waals surface area contributed by atoms with E-state index in [1.807, 2.05) is 0 Å². The number of ether oxygens (including phenoxy) is 1. The summed E-state index contributed by atoms with van der Waals surface area (Å²) in [6.45, 7) is 1.67. The SMILES string of the molecule is COC(=O)C1=C(C)NC(=S)N[C@@H]1c1c(F)cccc1Cl. The highest BCUT2D eigenvalue weighted by molar-refractivity contribution is 7.80. The molecule has 0 amide bonds. The van der Waals surface area contributed by atoms with Crippen LogP contribution in [0, 0.1) is 5.82 Å². The van der Waals surface area contributed by atoms with E-state index in [0.29, 0.717) is 10.8 Å². The number of hydrogen-bond acceptors (Lipinski definition) is 3. The van der Waals surface area contributed by atoms with Gasteiger partial charge >= 0.3 is 5.97 Å². The van der Waals surface area contributed by atoms with Crippen LogP contribution in [0.5, 0.6) is 0 Å². The molecule has 4 nitrogen and oxygen atoms in total. The van der Waals surface area contributed by atoms with Gasteiger partial charge in [0.2, 0.25) is 0 Å². The predicted octanol–water partition coefficient (Wildman–Crippen LogP) is 2.44. The van der Waals surface area contributed by atoms with Crippen molar-refractivity contribution in [3.63, 3.8) is 0 Å². The number of methoxy groups -OCH3 is 1. The number of halogens is 2. The third-order valence-electron chi connectivity index (χ3n) is 2.96. The fourth-order valence-corrected chi connectivity index (χ4v) is 2.62. The summed E-state index contributed by atoms with van der Waals surface area (Å²) in [5.74, 6) is -1.09. The summed E-state index contributed by atoms with van der Waals surface area (Å²) in [5, 5.41) is 6.16. The minimum absolute atomic E-state index is 0.165. The van der Waals surface area contributed by atoms with Gasteiger partial charge in [-0.1, -0.05) is 17.7 Å². The number of carbonyl (C=O) groups is 1. The first-order chi connectivity index (χ1) is 9.45. The van der Waals surface area contributed by atoms with E-state index in [1.165, 1.54) is 19.2 Å². The molecule has 1 aromatic carbocycles. The van der Waals surface area contributed by atoms with Gasteiger partial charge in [-0.2, -0.15) is 0 Å².